The molecule has 1 aliphatic carbocycles. The van der Waals surface area contributed by atoms with Crippen LogP contribution in [-0.4, -0.2) is 24.4 Å². The molecule has 0 bridgehead atoms. The van der Waals surface area contributed by atoms with Gasteiger partial charge in [0.15, 0.2) is 11.3 Å². The molecule has 0 saturated carbocycles. The van der Waals surface area contributed by atoms with Crippen LogP contribution in [0.25, 0.3) is 0 Å². The molecule has 86 valence electrons. The van der Waals surface area contributed by atoms with E-state index in [4.69, 9.17) is 4.74 Å². The standard InChI is InChI=1S/C12H10N2O2S/c15-7-8-5-6-11(17-8)16-12-13-9-3-1-2-4-10(9)14-12/h1-7,9-10H,(H,13,14). The van der Waals surface area contributed by atoms with E-state index in [9.17, 15) is 4.79 Å². The number of thiophene rings is 1. The van der Waals surface area contributed by atoms with Gasteiger partial charge in [-0.15, -0.1) is 0 Å². The summed E-state index contributed by atoms with van der Waals surface area (Å²) in [5, 5.41) is 3.85. The highest BCUT2D eigenvalue weighted by Gasteiger charge is 2.27. The maximum Gasteiger partial charge on any atom is 0.292 e. The van der Waals surface area contributed by atoms with Gasteiger partial charge >= 0.3 is 0 Å². The van der Waals surface area contributed by atoms with Crippen LogP contribution in [0, 0.1) is 0 Å². The lowest BCUT2D eigenvalue weighted by Gasteiger charge is -2.12. The van der Waals surface area contributed by atoms with E-state index in [1.807, 2.05) is 18.2 Å². The molecule has 2 atom stereocenters. The van der Waals surface area contributed by atoms with Crippen molar-refractivity contribution in [3.63, 3.8) is 0 Å². The molecule has 0 radical (unpaired) electrons. The zero-order valence-corrected chi connectivity index (χ0v) is 9.68. The fourth-order valence-corrected chi connectivity index (χ4v) is 2.44. The molecule has 1 aromatic rings. The number of carbonyl (C=O) groups excluding carboxylic acids is 1. The van der Waals surface area contributed by atoms with Gasteiger partial charge in [0, 0.05) is 0 Å². The fraction of sp³-hybridized carbons (Fsp3) is 0.167. The van der Waals surface area contributed by atoms with Crippen molar-refractivity contribution in [2.24, 2.45) is 4.99 Å². The first-order valence-electron chi connectivity index (χ1n) is 5.27. The Hall–Kier alpha value is -1.88. The summed E-state index contributed by atoms with van der Waals surface area (Å²) in [5.41, 5.74) is 0. The quantitative estimate of drug-likeness (QED) is 0.809. The average Bonchev–Trinajstić information content (AvgIpc) is 2.94. The summed E-state index contributed by atoms with van der Waals surface area (Å²) in [6.45, 7) is 0. The zero-order chi connectivity index (χ0) is 11.7. The molecule has 2 heterocycles. The fourth-order valence-electron chi connectivity index (χ4n) is 1.77. The Labute approximate surface area is 102 Å². The highest BCUT2D eigenvalue weighted by molar-refractivity contribution is 7.15. The Morgan fingerprint density at radius 2 is 2.24 bits per heavy atom. The molecule has 0 spiro atoms. The van der Waals surface area contributed by atoms with Crippen molar-refractivity contribution in [3.05, 3.63) is 41.3 Å². The summed E-state index contributed by atoms with van der Waals surface area (Å²) in [6.07, 6.45) is 8.86. The number of nitrogens with one attached hydrogen (secondary N) is 1. The van der Waals surface area contributed by atoms with Crippen LogP contribution < -0.4 is 10.1 Å². The predicted octanol–water partition coefficient (Wildman–Crippen LogP) is 1.76. The van der Waals surface area contributed by atoms with Gasteiger partial charge in [0.25, 0.3) is 6.02 Å². The first-order chi connectivity index (χ1) is 8.35. The van der Waals surface area contributed by atoms with Gasteiger partial charge in [-0.05, 0) is 12.1 Å². The molecule has 0 saturated heterocycles. The Morgan fingerprint density at radius 1 is 1.35 bits per heavy atom. The molecule has 2 unspecified atom stereocenters. The number of ether oxygens (including phenoxy) is 1. The van der Waals surface area contributed by atoms with Crippen molar-refractivity contribution in [2.45, 2.75) is 12.1 Å². The predicted molar refractivity (Wildman–Crippen MR) is 66.8 cm³/mol. The number of aliphatic imine (C=N–C) groups is 1. The van der Waals surface area contributed by atoms with E-state index in [2.05, 4.69) is 16.4 Å². The molecule has 2 aliphatic rings. The topological polar surface area (TPSA) is 50.7 Å². The van der Waals surface area contributed by atoms with Gasteiger partial charge in [0.1, 0.15) is 0 Å². The molecule has 1 aliphatic heterocycles. The van der Waals surface area contributed by atoms with E-state index < -0.39 is 0 Å². The smallest absolute Gasteiger partial charge is 0.292 e. The minimum Gasteiger partial charge on any atom is -0.415 e. The lowest BCUT2D eigenvalue weighted by molar-refractivity contribution is 0.112. The Bertz CT molecular complexity index is 530. The van der Waals surface area contributed by atoms with Gasteiger partial charge < -0.3 is 10.1 Å². The molecular weight excluding hydrogens is 236 g/mol. The molecular formula is C12H10N2O2S. The Morgan fingerprint density at radius 3 is 3.00 bits per heavy atom. The summed E-state index contributed by atoms with van der Waals surface area (Å²) in [7, 11) is 0. The second-order valence-electron chi connectivity index (χ2n) is 3.74. The highest BCUT2D eigenvalue weighted by atomic mass is 32.1. The molecule has 1 N–H and O–H groups in total. The third-order valence-corrected chi connectivity index (χ3v) is 3.47. The van der Waals surface area contributed by atoms with Crippen molar-refractivity contribution in [1.29, 1.82) is 0 Å². The second kappa shape index (κ2) is 4.18. The van der Waals surface area contributed by atoms with Crippen molar-refractivity contribution in [2.75, 3.05) is 0 Å². The number of rotatable bonds is 2. The number of allylic oxidation sites excluding steroid dienone is 2. The number of hydrogen-bond acceptors (Lipinski definition) is 5. The molecule has 0 amide bonds. The van der Waals surface area contributed by atoms with E-state index in [0.717, 1.165) is 6.29 Å². The SMILES string of the molecule is O=Cc1ccc(OC2=NC3C=CC=CC3N2)s1. The number of nitrogens with zero attached hydrogens (tertiary/aromatic N) is 1. The number of aldehydes is 1. The van der Waals surface area contributed by atoms with Gasteiger partial charge in [-0.1, -0.05) is 35.6 Å². The Balaban J connectivity index is 1.72. The van der Waals surface area contributed by atoms with Gasteiger partial charge in [0.2, 0.25) is 0 Å². The monoisotopic (exact) mass is 246 g/mol. The average molecular weight is 246 g/mol. The van der Waals surface area contributed by atoms with E-state index in [-0.39, 0.29) is 12.1 Å². The van der Waals surface area contributed by atoms with Crippen molar-refractivity contribution >= 4 is 23.6 Å². The summed E-state index contributed by atoms with van der Waals surface area (Å²) in [6, 6.07) is 4.30. The van der Waals surface area contributed by atoms with E-state index >= 15 is 0 Å². The van der Waals surface area contributed by atoms with Crippen LogP contribution in [-0.2, 0) is 0 Å². The molecule has 5 heteroatoms. The van der Waals surface area contributed by atoms with Gasteiger partial charge in [-0.25, -0.2) is 4.99 Å². The lowest BCUT2D eigenvalue weighted by atomic mass is 10.1. The van der Waals surface area contributed by atoms with Crippen molar-refractivity contribution in [3.8, 4) is 5.06 Å². The minimum absolute atomic E-state index is 0.112. The summed E-state index contributed by atoms with van der Waals surface area (Å²) in [5.74, 6) is 0. The molecule has 1 aromatic heterocycles. The third kappa shape index (κ3) is 2.01. The van der Waals surface area contributed by atoms with E-state index in [1.165, 1.54) is 11.3 Å². The molecule has 0 aromatic carbocycles. The van der Waals surface area contributed by atoms with Gasteiger partial charge in [0.05, 0.1) is 17.0 Å². The molecule has 17 heavy (non-hydrogen) atoms. The molecule has 0 fully saturated rings. The van der Waals surface area contributed by atoms with Gasteiger partial charge in [-0.3, -0.25) is 4.79 Å². The lowest BCUT2D eigenvalue weighted by Crippen LogP contribution is -2.34. The van der Waals surface area contributed by atoms with Crippen molar-refractivity contribution in [1.82, 2.24) is 5.32 Å². The normalized spacial score (nSPS) is 25.1. The maximum absolute atomic E-state index is 10.6. The van der Waals surface area contributed by atoms with Gasteiger partial charge in [-0.2, -0.15) is 0 Å². The molecule has 3 rings (SSSR count). The van der Waals surface area contributed by atoms with Crippen LogP contribution in [0.5, 0.6) is 5.06 Å². The largest absolute Gasteiger partial charge is 0.415 e. The van der Waals surface area contributed by atoms with Crippen LogP contribution in [0.3, 0.4) is 0 Å². The van der Waals surface area contributed by atoms with E-state index in [0.29, 0.717) is 16.0 Å². The minimum atomic E-state index is 0.112. The molecule has 4 nitrogen and oxygen atoms in total. The van der Waals surface area contributed by atoms with Crippen LogP contribution in [0.2, 0.25) is 0 Å². The highest BCUT2D eigenvalue weighted by Crippen LogP contribution is 2.24. The van der Waals surface area contributed by atoms with Crippen molar-refractivity contribution < 1.29 is 9.53 Å². The Kier molecular flexibility index (Phi) is 2.53. The number of amidine groups is 1. The second-order valence-corrected chi connectivity index (χ2v) is 4.82. The summed E-state index contributed by atoms with van der Waals surface area (Å²) < 4.78 is 5.58. The number of fused-ring (bicyclic) bond motifs is 1. The van der Waals surface area contributed by atoms with Crippen LogP contribution in [0.15, 0.2) is 41.4 Å². The number of carbonyl (C=O) groups is 1. The maximum atomic E-state index is 10.6. The zero-order valence-electron chi connectivity index (χ0n) is 8.87. The summed E-state index contributed by atoms with van der Waals surface area (Å²) >= 11 is 1.31. The van der Waals surface area contributed by atoms with E-state index in [1.54, 1.807) is 12.1 Å². The number of hydrogen-bond donors (Lipinski definition) is 1. The third-order valence-electron chi connectivity index (χ3n) is 2.58. The first-order valence-corrected chi connectivity index (χ1v) is 6.09. The van der Waals surface area contributed by atoms with Crippen LogP contribution in [0.4, 0.5) is 0 Å². The van der Waals surface area contributed by atoms with Crippen LogP contribution >= 0.6 is 11.3 Å². The first kappa shape index (κ1) is 10.3. The van der Waals surface area contributed by atoms with Crippen LogP contribution in [0.1, 0.15) is 9.67 Å². The summed E-state index contributed by atoms with van der Waals surface area (Å²) in [4.78, 5) is 15.6.